The normalized spacial score (nSPS) is 16.0. The van der Waals surface area contributed by atoms with E-state index in [1.165, 1.54) is 22.9 Å². The second-order valence-corrected chi connectivity index (χ2v) is 5.61. The second kappa shape index (κ2) is 5.81. The highest BCUT2D eigenvalue weighted by atomic mass is 35.5. The number of rotatable bonds is 2. The van der Waals surface area contributed by atoms with Crippen molar-refractivity contribution in [2.45, 2.75) is 38.5 Å². The first-order chi connectivity index (χ1) is 10.1. The zero-order valence-corrected chi connectivity index (χ0v) is 12.2. The molecule has 3 rings (SSSR count). The van der Waals surface area contributed by atoms with Crippen molar-refractivity contribution in [2.24, 2.45) is 0 Å². The summed E-state index contributed by atoms with van der Waals surface area (Å²) in [5.74, 6) is -0.121. The van der Waals surface area contributed by atoms with Gasteiger partial charge in [-0.25, -0.2) is 0 Å². The summed E-state index contributed by atoms with van der Waals surface area (Å²) in [6.45, 7) is 0. The van der Waals surface area contributed by atoms with Gasteiger partial charge in [-0.15, -0.1) is 0 Å². The fourth-order valence-electron chi connectivity index (χ4n) is 2.70. The number of nitrogens with zero attached hydrogens (tertiary/aromatic N) is 4. The fraction of sp³-hybridized carbons (Fsp3) is 0.429. The molecule has 21 heavy (non-hydrogen) atoms. The first kappa shape index (κ1) is 14.0. The summed E-state index contributed by atoms with van der Waals surface area (Å²) < 4.78 is 1.20. The van der Waals surface area contributed by atoms with Crippen molar-refractivity contribution in [1.82, 2.24) is 14.6 Å². The van der Waals surface area contributed by atoms with E-state index in [1.54, 1.807) is 12.1 Å². The minimum absolute atomic E-state index is 0.121. The minimum atomic E-state index is -0.452. The quantitative estimate of drug-likeness (QED) is 0.477. The Morgan fingerprint density at radius 2 is 1.95 bits per heavy atom. The lowest BCUT2D eigenvalue weighted by molar-refractivity contribution is -0.391. The van der Waals surface area contributed by atoms with Crippen LogP contribution in [0.15, 0.2) is 17.7 Å². The number of nitro groups is 1. The molecule has 0 radical (unpaired) electrons. The largest absolute Gasteiger partial charge is 0.376 e. The highest BCUT2D eigenvalue weighted by Gasteiger charge is 2.23. The van der Waals surface area contributed by atoms with E-state index in [0.717, 1.165) is 25.7 Å². The summed E-state index contributed by atoms with van der Waals surface area (Å²) >= 11 is 5.82. The van der Waals surface area contributed by atoms with Gasteiger partial charge in [-0.2, -0.15) is 4.98 Å². The number of fused-ring (bicyclic) bond motifs is 1. The summed E-state index contributed by atoms with van der Waals surface area (Å²) in [5, 5.41) is 15.5. The number of hydrogen-bond donors (Lipinski definition) is 0. The predicted molar refractivity (Wildman–Crippen MR) is 80.3 cm³/mol. The molecule has 7 heteroatoms. The Labute approximate surface area is 126 Å². The number of aromatic nitrogens is 3. The molecule has 1 aliphatic carbocycles. The van der Waals surface area contributed by atoms with E-state index >= 15 is 0 Å². The molecule has 0 atom stereocenters. The Balaban J connectivity index is 2.10. The monoisotopic (exact) mass is 306 g/mol. The van der Waals surface area contributed by atoms with E-state index in [-0.39, 0.29) is 11.0 Å². The summed E-state index contributed by atoms with van der Waals surface area (Å²) in [4.78, 5) is 15.2. The number of allylic oxidation sites excluding steroid dienone is 1. The summed E-state index contributed by atoms with van der Waals surface area (Å²) in [7, 11) is 0. The molecular weight excluding hydrogens is 292 g/mol. The first-order valence-corrected chi connectivity index (χ1v) is 7.42. The standard InChI is InChI=1S/C14H15ClN4O2/c15-12-7-8-13-16-11(14(19(20)21)18(13)17-12)9-10-5-3-1-2-4-6-10/h7-9H,1-6H2. The van der Waals surface area contributed by atoms with Gasteiger partial charge in [0.1, 0.15) is 0 Å². The van der Waals surface area contributed by atoms with E-state index in [9.17, 15) is 10.1 Å². The molecule has 110 valence electrons. The Kier molecular flexibility index (Phi) is 3.88. The van der Waals surface area contributed by atoms with Gasteiger partial charge in [0.2, 0.25) is 5.65 Å². The molecule has 0 aromatic carbocycles. The van der Waals surface area contributed by atoms with Crippen molar-refractivity contribution in [1.29, 1.82) is 0 Å². The Hall–Kier alpha value is -1.95. The van der Waals surface area contributed by atoms with Crippen LogP contribution in [-0.4, -0.2) is 19.5 Å². The molecule has 1 aliphatic rings. The molecule has 2 aromatic rings. The van der Waals surface area contributed by atoms with Crippen LogP contribution in [0, 0.1) is 10.1 Å². The summed E-state index contributed by atoms with van der Waals surface area (Å²) in [5.41, 5.74) is 2.03. The topological polar surface area (TPSA) is 73.3 Å². The molecule has 1 fully saturated rings. The van der Waals surface area contributed by atoms with Crippen molar-refractivity contribution in [2.75, 3.05) is 0 Å². The predicted octanol–water partition coefficient (Wildman–Crippen LogP) is 4.03. The third-order valence-electron chi connectivity index (χ3n) is 3.71. The molecule has 0 saturated heterocycles. The number of halogens is 1. The van der Waals surface area contributed by atoms with Gasteiger partial charge in [-0.3, -0.25) is 0 Å². The van der Waals surface area contributed by atoms with Crippen LogP contribution in [0.2, 0.25) is 5.15 Å². The van der Waals surface area contributed by atoms with Gasteiger partial charge in [-0.1, -0.05) is 39.6 Å². The van der Waals surface area contributed by atoms with E-state index in [4.69, 9.17) is 11.6 Å². The molecule has 1 saturated carbocycles. The lowest BCUT2D eigenvalue weighted by Gasteiger charge is -2.00. The van der Waals surface area contributed by atoms with Crippen LogP contribution in [0.3, 0.4) is 0 Å². The van der Waals surface area contributed by atoms with Crippen LogP contribution in [0.5, 0.6) is 0 Å². The molecule has 2 aromatic heterocycles. The highest BCUT2D eigenvalue weighted by Crippen LogP contribution is 2.28. The smallest absolute Gasteiger partial charge is 0.358 e. The molecule has 0 unspecified atom stereocenters. The molecule has 0 spiro atoms. The summed E-state index contributed by atoms with van der Waals surface area (Å²) in [6.07, 6.45) is 8.54. The first-order valence-electron chi connectivity index (χ1n) is 7.04. The molecule has 0 N–H and O–H groups in total. The van der Waals surface area contributed by atoms with Crippen LogP contribution >= 0.6 is 11.6 Å². The van der Waals surface area contributed by atoms with Crippen LogP contribution in [0.25, 0.3) is 11.7 Å². The maximum atomic E-state index is 11.4. The van der Waals surface area contributed by atoms with Crippen LogP contribution in [0.1, 0.15) is 44.2 Å². The molecule has 2 heterocycles. The Bertz CT molecular complexity index is 713. The highest BCUT2D eigenvalue weighted by molar-refractivity contribution is 6.29. The van der Waals surface area contributed by atoms with Gasteiger partial charge >= 0.3 is 5.82 Å². The maximum Gasteiger partial charge on any atom is 0.376 e. The second-order valence-electron chi connectivity index (χ2n) is 5.22. The third-order valence-corrected chi connectivity index (χ3v) is 3.91. The van der Waals surface area contributed by atoms with Crippen molar-refractivity contribution in [3.8, 4) is 0 Å². The van der Waals surface area contributed by atoms with Gasteiger partial charge in [0, 0.05) is 6.07 Å². The third kappa shape index (κ3) is 2.90. The van der Waals surface area contributed by atoms with Crippen molar-refractivity contribution in [3.63, 3.8) is 0 Å². The van der Waals surface area contributed by atoms with Crippen LogP contribution in [0.4, 0.5) is 5.82 Å². The lowest BCUT2D eigenvalue weighted by atomic mass is 10.1. The molecule has 0 bridgehead atoms. The van der Waals surface area contributed by atoms with Gasteiger partial charge in [0.05, 0.1) is 0 Å². The van der Waals surface area contributed by atoms with E-state index < -0.39 is 4.92 Å². The minimum Gasteiger partial charge on any atom is -0.358 e. The average Bonchev–Trinajstić information content (AvgIpc) is 2.60. The fourth-order valence-corrected chi connectivity index (χ4v) is 2.84. The molecule has 0 aliphatic heterocycles. The SMILES string of the molecule is O=[N+]([O-])c1c(C=C2CCCCCC2)nc2ccc(Cl)nn12. The van der Waals surface area contributed by atoms with E-state index in [0.29, 0.717) is 11.3 Å². The van der Waals surface area contributed by atoms with Gasteiger partial charge in [0.25, 0.3) is 0 Å². The van der Waals surface area contributed by atoms with Gasteiger partial charge in [0.15, 0.2) is 10.8 Å². The maximum absolute atomic E-state index is 11.4. The Morgan fingerprint density at radius 3 is 2.62 bits per heavy atom. The van der Waals surface area contributed by atoms with Crippen molar-refractivity contribution in [3.05, 3.63) is 38.7 Å². The number of imidazole rings is 1. The van der Waals surface area contributed by atoms with Crippen LogP contribution in [-0.2, 0) is 0 Å². The lowest BCUT2D eigenvalue weighted by Crippen LogP contribution is -1.99. The average molecular weight is 307 g/mol. The molecule has 0 amide bonds. The van der Waals surface area contributed by atoms with Gasteiger partial charge in [-0.05, 0) is 42.7 Å². The van der Waals surface area contributed by atoms with Gasteiger partial charge < -0.3 is 10.1 Å². The molecular formula is C14H15ClN4O2. The van der Waals surface area contributed by atoms with Crippen LogP contribution < -0.4 is 0 Å². The number of hydrogen-bond acceptors (Lipinski definition) is 4. The Morgan fingerprint density at radius 1 is 1.24 bits per heavy atom. The van der Waals surface area contributed by atoms with E-state index in [1.807, 2.05) is 6.08 Å². The molecule has 6 nitrogen and oxygen atoms in total. The summed E-state index contributed by atoms with van der Waals surface area (Å²) in [6, 6.07) is 3.22. The zero-order chi connectivity index (χ0) is 14.8. The zero-order valence-electron chi connectivity index (χ0n) is 11.5. The van der Waals surface area contributed by atoms with Crippen molar-refractivity contribution < 1.29 is 4.92 Å². The van der Waals surface area contributed by atoms with E-state index in [2.05, 4.69) is 10.1 Å². The van der Waals surface area contributed by atoms with Crippen molar-refractivity contribution >= 4 is 29.1 Å².